The molecule has 1 aliphatic rings. The number of piperazine rings is 1. The number of ether oxygens (including phenoxy) is 1. The van der Waals surface area contributed by atoms with Gasteiger partial charge in [-0.15, -0.1) is 24.0 Å². The topological polar surface area (TPSA) is 53.0 Å². The molecule has 0 spiro atoms. The average molecular weight is 502 g/mol. The lowest BCUT2D eigenvalue weighted by atomic mass is 10.2. The third-order valence-corrected chi connectivity index (χ3v) is 4.49. The number of aromatic nitrogens is 1. The third kappa shape index (κ3) is 6.42. The molecule has 6 nitrogen and oxygen atoms in total. The van der Waals surface area contributed by atoms with Crippen molar-refractivity contribution in [3.63, 3.8) is 0 Å². The predicted octanol–water partition coefficient (Wildman–Crippen LogP) is 3.13. The minimum absolute atomic E-state index is 0. The fraction of sp³-hybridized carbons (Fsp3) is 0.368. The Balaban J connectivity index is 0.00000261. The van der Waals surface area contributed by atoms with E-state index in [2.05, 4.69) is 31.2 Å². The second-order valence-electron chi connectivity index (χ2n) is 5.97. The summed E-state index contributed by atoms with van der Waals surface area (Å²) in [5.41, 5.74) is 1.17. The second-order valence-corrected chi connectivity index (χ2v) is 6.40. The number of nitrogens with zero attached hydrogens (tertiary/aromatic N) is 4. The zero-order chi connectivity index (χ0) is 18.2. The molecule has 3 rings (SSSR count). The van der Waals surface area contributed by atoms with Gasteiger partial charge in [-0.05, 0) is 30.3 Å². The van der Waals surface area contributed by atoms with Crippen molar-refractivity contribution in [2.75, 3.05) is 51.3 Å². The van der Waals surface area contributed by atoms with Crippen molar-refractivity contribution in [1.29, 1.82) is 0 Å². The van der Waals surface area contributed by atoms with Crippen molar-refractivity contribution >= 4 is 47.2 Å². The number of anilines is 1. The zero-order valence-electron chi connectivity index (χ0n) is 15.3. The number of guanidine groups is 1. The molecule has 0 amide bonds. The van der Waals surface area contributed by atoms with Crippen molar-refractivity contribution in [3.05, 3.63) is 53.8 Å². The first-order valence-corrected chi connectivity index (χ1v) is 9.13. The molecule has 0 atom stereocenters. The number of hydrogen-bond donors (Lipinski definition) is 1. The smallest absolute Gasteiger partial charge is 0.193 e. The van der Waals surface area contributed by atoms with E-state index in [0.29, 0.717) is 13.2 Å². The first kappa shape index (κ1) is 21.6. The van der Waals surface area contributed by atoms with E-state index in [4.69, 9.17) is 16.3 Å². The summed E-state index contributed by atoms with van der Waals surface area (Å²) in [5, 5.41) is 4.14. The van der Waals surface area contributed by atoms with Crippen LogP contribution in [0.4, 0.5) is 5.69 Å². The summed E-state index contributed by atoms with van der Waals surface area (Å²) in [6.07, 6.45) is 3.44. The monoisotopic (exact) mass is 501 g/mol. The van der Waals surface area contributed by atoms with E-state index in [1.807, 2.05) is 37.4 Å². The Morgan fingerprint density at radius 2 is 2.04 bits per heavy atom. The standard InChI is InChI=1S/C19H24ClN5O.HI/c1-21-19(23-8-13-26-18-6-3-7-22-15-18)25-11-9-24(10-12-25)17-5-2-4-16(20)14-17;/h2-7,14-15H,8-13H2,1H3,(H,21,23);1H. The molecule has 2 aromatic rings. The number of hydrogen-bond acceptors (Lipinski definition) is 4. The maximum atomic E-state index is 6.10. The molecular formula is C19H25ClIN5O. The fourth-order valence-corrected chi connectivity index (χ4v) is 3.13. The zero-order valence-corrected chi connectivity index (χ0v) is 18.4. The maximum Gasteiger partial charge on any atom is 0.193 e. The van der Waals surface area contributed by atoms with E-state index >= 15 is 0 Å². The molecule has 1 saturated heterocycles. The quantitative estimate of drug-likeness (QED) is 0.295. The fourth-order valence-electron chi connectivity index (χ4n) is 2.95. The van der Waals surface area contributed by atoms with Crippen molar-refractivity contribution in [3.8, 4) is 5.75 Å². The van der Waals surface area contributed by atoms with Crippen LogP contribution in [0.2, 0.25) is 5.02 Å². The van der Waals surface area contributed by atoms with Crippen LogP contribution in [-0.2, 0) is 0 Å². The van der Waals surface area contributed by atoms with Crippen LogP contribution < -0.4 is 15.0 Å². The number of nitrogens with one attached hydrogen (secondary N) is 1. The molecule has 0 unspecified atom stereocenters. The third-order valence-electron chi connectivity index (χ3n) is 4.25. The highest BCUT2D eigenvalue weighted by molar-refractivity contribution is 14.0. The molecule has 1 aromatic carbocycles. The van der Waals surface area contributed by atoms with Gasteiger partial charge in [0.05, 0.1) is 12.7 Å². The normalized spacial score (nSPS) is 14.5. The number of aliphatic imine (C=N–C) groups is 1. The summed E-state index contributed by atoms with van der Waals surface area (Å²) < 4.78 is 5.66. The summed E-state index contributed by atoms with van der Waals surface area (Å²) in [7, 11) is 1.81. The minimum Gasteiger partial charge on any atom is -0.490 e. The molecule has 0 aliphatic carbocycles. The lowest BCUT2D eigenvalue weighted by Crippen LogP contribution is -2.53. The van der Waals surface area contributed by atoms with Gasteiger partial charge in [0.15, 0.2) is 5.96 Å². The van der Waals surface area contributed by atoms with Gasteiger partial charge in [0, 0.05) is 50.1 Å². The first-order valence-electron chi connectivity index (χ1n) is 8.75. The van der Waals surface area contributed by atoms with Gasteiger partial charge in [0.1, 0.15) is 12.4 Å². The summed E-state index contributed by atoms with van der Waals surface area (Å²) in [5.74, 6) is 1.69. The molecule has 0 bridgehead atoms. The summed E-state index contributed by atoms with van der Waals surface area (Å²) in [6, 6.07) is 11.8. The Labute approximate surface area is 182 Å². The van der Waals surface area contributed by atoms with E-state index in [1.54, 1.807) is 12.4 Å². The van der Waals surface area contributed by atoms with Gasteiger partial charge in [-0.1, -0.05) is 17.7 Å². The molecular weight excluding hydrogens is 477 g/mol. The van der Waals surface area contributed by atoms with Gasteiger partial charge in [0.2, 0.25) is 0 Å². The molecule has 8 heteroatoms. The molecule has 27 heavy (non-hydrogen) atoms. The van der Waals surface area contributed by atoms with Gasteiger partial charge >= 0.3 is 0 Å². The van der Waals surface area contributed by atoms with Crippen molar-refractivity contribution in [1.82, 2.24) is 15.2 Å². The summed E-state index contributed by atoms with van der Waals surface area (Å²) in [4.78, 5) is 13.0. The molecule has 1 fully saturated rings. The van der Waals surface area contributed by atoms with Crippen molar-refractivity contribution in [2.45, 2.75) is 0 Å². The van der Waals surface area contributed by atoms with Crippen LogP contribution in [0.25, 0.3) is 0 Å². The van der Waals surface area contributed by atoms with Gasteiger partial charge < -0.3 is 19.9 Å². The number of benzene rings is 1. The molecule has 1 N–H and O–H groups in total. The molecule has 0 saturated carbocycles. The van der Waals surface area contributed by atoms with E-state index in [1.165, 1.54) is 5.69 Å². The Morgan fingerprint density at radius 1 is 1.22 bits per heavy atom. The van der Waals surface area contributed by atoms with Crippen LogP contribution >= 0.6 is 35.6 Å². The van der Waals surface area contributed by atoms with Crippen LogP contribution in [0, 0.1) is 0 Å². The highest BCUT2D eigenvalue weighted by atomic mass is 127. The van der Waals surface area contributed by atoms with Crippen molar-refractivity contribution in [2.24, 2.45) is 4.99 Å². The lowest BCUT2D eigenvalue weighted by Gasteiger charge is -2.37. The molecule has 146 valence electrons. The van der Waals surface area contributed by atoms with Crippen LogP contribution in [0.15, 0.2) is 53.8 Å². The number of halogens is 2. The van der Waals surface area contributed by atoms with E-state index in [9.17, 15) is 0 Å². The molecule has 2 heterocycles. The molecule has 0 radical (unpaired) electrons. The largest absolute Gasteiger partial charge is 0.490 e. The lowest BCUT2D eigenvalue weighted by molar-refractivity contribution is 0.314. The van der Waals surface area contributed by atoms with Gasteiger partial charge in [0.25, 0.3) is 0 Å². The average Bonchev–Trinajstić information content (AvgIpc) is 2.69. The Morgan fingerprint density at radius 3 is 2.70 bits per heavy atom. The summed E-state index contributed by atoms with van der Waals surface area (Å²) in [6.45, 7) is 4.95. The minimum atomic E-state index is 0. The Kier molecular flexibility index (Phi) is 8.93. The van der Waals surface area contributed by atoms with Crippen LogP contribution in [0.5, 0.6) is 5.75 Å². The summed E-state index contributed by atoms with van der Waals surface area (Å²) >= 11 is 6.10. The van der Waals surface area contributed by atoms with E-state index < -0.39 is 0 Å². The van der Waals surface area contributed by atoms with Crippen LogP contribution in [-0.4, -0.2) is 62.2 Å². The number of rotatable bonds is 5. The second kappa shape index (κ2) is 11.2. The maximum absolute atomic E-state index is 6.10. The highest BCUT2D eigenvalue weighted by Gasteiger charge is 2.19. The number of pyridine rings is 1. The Bertz CT molecular complexity index is 723. The van der Waals surface area contributed by atoms with Crippen LogP contribution in [0.3, 0.4) is 0 Å². The van der Waals surface area contributed by atoms with Crippen molar-refractivity contribution < 1.29 is 4.74 Å². The van der Waals surface area contributed by atoms with Crippen LogP contribution in [0.1, 0.15) is 0 Å². The predicted molar refractivity (Wildman–Crippen MR) is 122 cm³/mol. The molecule has 1 aliphatic heterocycles. The molecule has 1 aromatic heterocycles. The van der Waals surface area contributed by atoms with Gasteiger partial charge in [-0.3, -0.25) is 9.98 Å². The first-order chi connectivity index (χ1) is 12.8. The Hall–Kier alpha value is -1.74. The van der Waals surface area contributed by atoms with Gasteiger partial charge in [-0.25, -0.2) is 0 Å². The van der Waals surface area contributed by atoms with Gasteiger partial charge in [-0.2, -0.15) is 0 Å². The SMILES string of the molecule is CN=C(NCCOc1cccnc1)N1CCN(c2cccc(Cl)c2)CC1.I. The van der Waals surface area contributed by atoms with E-state index in [-0.39, 0.29) is 24.0 Å². The van der Waals surface area contributed by atoms with E-state index in [0.717, 1.165) is 42.9 Å². The highest BCUT2D eigenvalue weighted by Crippen LogP contribution is 2.20.